The number of aryl methyl sites for hydroxylation is 1. The van der Waals surface area contributed by atoms with Crippen molar-refractivity contribution in [1.29, 1.82) is 0 Å². The average molecular weight is 402 g/mol. The predicted molar refractivity (Wildman–Crippen MR) is 118 cm³/mol. The van der Waals surface area contributed by atoms with Crippen molar-refractivity contribution in [2.75, 3.05) is 19.0 Å². The molecule has 154 valence electrons. The Kier molecular flexibility index (Phi) is 6.40. The van der Waals surface area contributed by atoms with Crippen molar-refractivity contribution in [2.45, 2.75) is 32.4 Å². The molecule has 0 saturated heterocycles. The fourth-order valence-electron chi connectivity index (χ4n) is 3.93. The number of methoxy groups -OCH3 is 1. The smallest absolute Gasteiger partial charge is 0.224 e. The standard InChI is InChI=1S/C25H27N3O2/c1-30-22-9-5-8-19(14-22)10-11-25(29)27-24-16-26-15-21-18-28(13-12-23(21)24)17-20-6-3-2-4-7-20/h2-9,14-16H,10-13,17-18H2,1H3,(H,27,29). The Bertz CT molecular complexity index is 1000. The normalized spacial score (nSPS) is 13.5. The lowest BCUT2D eigenvalue weighted by molar-refractivity contribution is -0.116. The second kappa shape index (κ2) is 9.55. The van der Waals surface area contributed by atoms with Gasteiger partial charge in [-0.15, -0.1) is 0 Å². The van der Waals surface area contributed by atoms with Crippen LogP contribution in [-0.4, -0.2) is 29.4 Å². The number of hydrogen-bond donors (Lipinski definition) is 1. The molecule has 1 aliphatic heterocycles. The molecule has 0 bridgehead atoms. The number of hydrogen-bond acceptors (Lipinski definition) is 4. The van der Waals surface area contributed by atoms with E-state index in [4.69, 9.17) is 4.74 Å². The number of nitrogens with zero attached hydrogens (tertiary/aromatic N) is 2. The highest BCUT2D eigenvalue weighted by atomic mass is 16.5. The second-order valence-corrected chi connectivity index (χ2v) is 7.67. The zero-order valence-corrected chi connectivity index (χ0v) is 17.3. The monoisotopic (exact) mass is 401 g/mol. The molecule has 5 nitrogen and oxygen atoms in total. The number of rotatable bonds is 7. The van der Waals surface area contributed by atoms with Gasteiger partial charge < -0.3 is 10.1 Å². The summed E-state index contributed by atoms with van der Waals surface area (Å²) in [7, 11) is 1.65. The number of benzene rings is 2. The molecule has 1 amide bonds. The van der Waals surface area contributed by atoms with Crippen molar-refractivity contribution < 1.29 is 9.53 Å². The number of nitrogens with one attached hydrogen (secondary N) is 1. The lowest BCUT2D eigenvalue weighted by Crippen LogP contribution is -2.31. The fraction of sp³-hybridized carbons (Fsp3) is 0.280. The minimum absolute atomic E-state index is 0.0136. The van der Waals surface area contributed by atoms with Crippen molar-refractivity contribution in [1.82, 2.24) is 9.88 Å². The highest BCUT2D eigenvalue weighted by Crippen LogP contribution is 2.26. The zero-order valence-electron chi connectivity index (χ0n) is 17.3. The highest BCUT2D eigenvalue weighted by Gasteiger charge is 2.20. The van der Waals surface area contributed by atoms with Crippen molar-refractivity contribution in [3.63, 3.8) is 0 Å². The lowest BCUT2D eigenvalue weighted by Gasteiger charge is -2.29. The van der Waals surface area contributed by atoms with Crippen molar-refractivity contribution in [2.24, 2.45) is 0 Å². The van der Waals surface area contributed by atoms with Gasteiger partial charge in [-0.05, 0) is 47.2 Å². The first kappa shape index (κ1) is 20.1. The maximum atomic E-state index is 12.6. The molecule has 1 aromatic heterocycles. The van der Waals surface area contributed by atoms with E-state index in [9.17, 15) is 4.79 Å². The Hall–Kier alpha value is -3.18. The van der Waals surface area contributed by atoms with Gasteiger partial charge in [0.25, 0.3) is 0 Å². The van der Waals surface area contributed by atoms with Crippen LogP contribution in [0.2, 0.25) is 0 Å². The van der Waals surface area contributed by atoms with Crippen molar-refractivity contribution in [3.05, 3.63) is 89.2 Å². The number of fused-ring (bicyclic) bond motifs is 1. The first-order chi connectivity index (χ1) is 14.7. The molecule has 2 heterocycles. The molecule has 5 heteroatoms. The molecule has 3 aromatic rings. The fourth-order valence-corrected chi connectivity index (χ4v) is 3.93. The lowest BCUT2D eigenvalue weighted by atomic mass is 9.99. The molecule has 0 unspecified atom stereocenters. The summed E-state index contributed by atoms with van der Waals surface area (Å²) in [6, 6.07) is 18.4. The number of carbonyl (C=O) groups is 1. The molecule has 0 fully saturated rings. The van der Waals surface area contributed by atoms with Crippen LogP contribution in [0.25, 0.3) is 0 Å². The van der Waals surface area contributed by atoms with Crippen LogP contribution in [-0.2, 0) is 30.7 Å². The topological polar surface area (TPSA) is 54.5 Å². The number of anilines is 1. The van der Waals surface area contributed by atoms with Gasteiger partial charge in [-0.3, -0.25) is 14.7 Å². The Morgan fingerprint density at radius 2 is 1.93 bits per heavy atom. The third kappa shape index (κ3) is 5.05. The van der Waals surface area contributed by atoms with Gasteiger partial charge in [0.1, 0.15) is 5.75 Å². The quantitative estimate of drug-likeness (QED) is 0.644. The van der Waals surface area contributed by atoms with Crippen LogP contribution in [0, 0.1) is 0 Å². The van der Waals surface area contributed by atoms with Gasteiger partial charge in [-0.25, -0.2) is 0 Å². The van der Waals surface area contributed by atoms with Gasteiger partial charge in [0.15, 0.2) is 0 Å². The summed E-state index contributed by atoms with van der Waals surface area (Å²) in [5.74, 6) is 0.828. The number of amides is 1. The molecule has 0 radical (unpaired) electrons. The Balaban J connectivity index is 1.36. The minimum atomic E-state index is 0.0136. The molecule has 1 N–H and O–H groups in total. The SMILES string of the molecule is COc1cccc(CCC(=O)Nc2cncc3c2CCN(Cc2ccccc2)C3)c1. The zero-order chi connectivity index (χ0) is 20.8. The van der Waals surface area contributed by atoms with Gasteiger partial charge in [0.2, 0.25) is 5.91 Å². The molecule has 1 aliphatic rings. The first-order valence-electron chi connectivity index (χ1n) is 10.4. The van der Waals surface area contributed by atoms with E-state index >= 15 is 0 Å². The maximum Gasteiger partial charge on any atom is 0.224 e. The molecule has 2 aromatic carbocycles. The van der Waals surface area contributed by atoms with Crippen LogP contribution in [0.5, 0.6) is 5.75 Å². The molecular weight excluding hydrogens is 374 g/mol. The molecule has 0 spiro atoms. The third-order valence-corrected chi connectivity index (χ3v) is 5.52. The Morgan fingerprint density at radius 1 is 1.10 bits per heavy atom. The van der Waals surface area contributed by atoms with Crippen LogP contribution in [0.3, 0.4) is 0 Å². The average Bonchev–Trinajstić information content (AvgIpc) is 2.78. The Morgan fingerprint density at radius 3 is 2.77 bits per heavy atom. The summed E-state index contributed by atoms with van der Waals surface area (Å²) in [6.07, 6.45) is 5.72. The third-order valence-electron chi connectivity index (χ3n) is 5.52. The van der Waals surface area contributed by atoms with E-state index < -0.39 is 0 Å². The maximum absolute atomic E-state index is 12.6. The van der Waals surface area contributed by atoms with Crippen LogP contribution < -0.4 is 10.1 Å². The van der Waals surface area contributed by atoms with Gasteiger partial charge in [0, 0.05) is 32.3 Å². The number of aromatic nitrogens is 1. The minimum Gasteiger partial charge on any atom is -0.497 e. The summed E-state index contributed by atoms with van der Waals surface area (Å²) < 4.78 is 5.25. The molecule has 4 rings (SSSR count). The van der Waals surface area contributed by atoms with E-state index in [1.165, 1.54) is 16.7 Å². The van der Waals surface area contributed by atoms with Crippen molar-refractivity contribution >= 4 is 11.6 Å². The highest BCUT2D eigenvalue weighted by molar-refractivity contribution is 5.91. The van der Waals surface area contributed by atoms with Gasteiger partial charge >= 0.3 is 0 Å². The van der Waals surface area contributed by atoms with Gasteiger partial charge in [-0.1, -0.05) is 42.5 Å². The summed E-state index contributed by atoms with van der Waals surface area (Å²) in [5, 5.41) is 3.08. The predicted octanol–water partition coefficient (Wildman–Crippen LogP) is 4.22. The van der Waals surface area contributed by atoms with Crippen LogP contribution in [0.4, 0.5) is 5.69 Å². The van der Waals surface area contributed by atoms with Crippen molar-refractivity contribution in [3.8, 4) is 5.75 Å². The number of carbonyl (C=O) groups excluding carboxylic acids is 1. The van der Waals surface area contributed by atoms with Crippen LogP contribution in [0.15, 0.2) is 67.0 Å². The molecule has 0 atom stereocenters. The van der Waals surface area contributed by atoms with Gasteiger partial charge in [-0.2, -0.15) is 0 Å². The molecule has 30 heavy (non-hydrogen) atoms. The number of pyridine rings is 1. The molecule has 0 aliphatic carbocycles. The van der Waals surface area contributed by atoms with E-state index in [1.54, 1.807) is 13.3 Å². The van der Waals surface area contributed by atoms with E-state index in [-0.39, 0.29) is 5.91 Å². The van der Waals surface area contributed by atoms with E-state index in [0.717, 1.165) is 43.1 Å². The summed E-state index contributed by atoms with van der Waals surface area (Å²) in [5.41, 5.74) is 5.67. The van der Waals surface area contributed by atoms with E-state index in [1.807, 2.05) is 36.5 Å². The summed E-state index contributed by atoms with van der Waals surface area (Å²) >= 11 is 0. The summed E-state index contributed by atoms with van der Waals surface area (Å²) in [6.45, 7) is 2.75. The Labute approximate surface area is 177 Å². The second-order valence-electron chi connectivity index (χ2n) is 7.67. The number of ether oxygens (including phenoxy) is 1. The molecular formula is C25H27N3O2. The van der Waals surface area contributed by atoms with Crippen LogP contribution >= 0.6 is 0 Å². The van der Waals surface area contributed by atoms with E-state index in [0.29, 0.717) is 12.8 Å². The largest absolute Gasteiger partial charge is 0.497 e. The molecule has 0 saturated carbocycles. The van der Waals surface area contributed by atoms with Crippen LogP contribution in [0.1, 0.15) is 28.7 Å². The first-order valence-corrected chi connectivity index (χ1v) is 10.4. The van der Waals surface area contributed by atoms with Gasteiger partial charge in [0.05, 0.1) is 19.0 Å². The van der Waals surface area contributed by atoms with E-state index in [2.05, 4.69) is 39.5 Å². The summed E-state index contributed by atoms with van der Waals surface area (Å²) in [4.78, 5) is 19.4.